The first kappa shape index (κ1) is 22.4. The third-order valence-corrected chi connectivity index (χ3v) is 4.05. The Bertz CT molecular complexity index is 978. The number of carbonyl (C=O) groups excluding carboxylic acids is 3. The van der Waals surface area contributed by atoms with Gasteiger partial charge in [-0.3, -0.25) is 9.59 Å². The van der Waals surface area contributed by atoms with E-state index in [-0.39, 0.29) is 11.1 Å². The van der Waals surface area contributed by atoms with E-state index in [2.05, 4.69) is 10.6 Å². The number of ether oxygens (including phenoxy) is 1. The van der Waals surface area contributed by atoms with Crippen LogP contribution in [0.5, 0.6) is 0 Å². The number of esters is 1. The van der Waals surface area contributed by atoms with Gasteiger partial charge in [0.05, 0.1) is 5.56 Å². The SMILES string of the molecule is C/C(=C\C(=O)Nc1ccc(C(=O)O[C@H](C)C(=O)Nc2ccc(C)cc2)cc1)C(=O)O. The van der Waals surface area contributed by atoms with Crippen LogP contribution in [0.4, 0.5) is 11.4 Å². The summed E-state index contributed by atoms with van der Waals surface area (Å²) in [6.07, 6.45) is -0.0546. The van der Waals surface area contributed by atoms with E-state index in [0.717, 1.165) is 11.6 Å². The molecule has 0 aromatic heterocycles. The quantitative estimate of drug-likeness (QED) is 0.476. The number of benzene rings is 2. The normalized spacial score (nSPS) is 11.9. The van der Waals surface area contributed by atoms with Crippen LogP contribution < -0.4 is 10.6 Å². The fourth-order valence-corrected chi connectivity index (χ4v) is 2.29. The van der Waals surface area contributed by atoms with E-state index in [1.54, 1.807) is 12.1 Å². The van der Waals surface area contributed by atoms with Crippen LogP contribution in [-0.4, -0.2) is 35.0 Å². The third-order valence-electron chi connectivity index (χ3n) is 4.05. The number of aryl methyl sites for hydroxylation is 1. The van der Waals surface area contributed by atoms with Gasteiger partial charge in [-0.05, 0) is 57.2 Å². The maximum atomic E-state index is 12.2. The Morgan fingerprint density at radius 2 is 1.47 bits per heavy atom. The molecular formula is C22H22N2O6. The summed E-state index contributed by atoms with van der Waals surface area (Å²) in [5.41, 5.74) is 2.11. The van der Waals surface area contributed by atoms with Crippen LogP contribution in [0.1, 0.15) is 29.8 Å². The van der Waals surface area contributed by atoms with Crippen molar-refractivity contribution in [2.75, 3.05) is 10.6 Å². The second kappa shape index (κ2) is 10.0. The molecule has 1 atom stereocenters. The van der Waals surface area contributed by atoms with Crippen molar-refractivity contribution >= 4 is 35.1 Å². The van der Waals surface area contributed by atoms with Gasteiger partial charge in [-0.15, -0.1) is 0 Å². The molecule has 0 radical (unpaired) electrons. The molecule has 0 saturated carbocycles. The van der Waals surface area contributed by atoms with Crippen LogP contribution >= 0.6 is 0 Å². The van der Waals surface area contributed by atoms with Crippen LogP contribution in [-0.2, 0) is 19.1 Å². The Hall–Kier alpha value is -3.94. The van der Waals surface area contributed by atoms with Gasteiger partial charge in [-0.2, -0.15) is 0 Å². The predicted octanol–water partition coefficient (Wildman–Crippen LogP) is 3.15. The molecule has 0 fully saturated rings. The first-order valence-electron chi connectivity index (χ1n) is 9.07. The Morgan fingerprint density at radius 1 is 0.933 bits per heavy atom. The maximum Gasteiger partial charge on any atom is 0.338 e. The van der Waals surface area contributed by atoms with E-state index in [1.165, 1.54) is 38.1 Å². The number of hydrogen-bond acceptors (Lipinski definition) is 5. The van der Waals surface area contributed by atoms with Gasteiger partial charge < -0.3 is 20.5 Å². The van der Waals surface area contributed by atoms with Crippen molar-refractivity contribution in [1.29, 1.82) is 0 Å². The molecule has 0 aliphatic rings. The lowest BCUT2D eigenvalue weighted by molar-refractivity contribution is -0.132. The lowest BCUT2D eigenvalue weighted by atomic mass is 10.2. The molecule has 0 bridgehead atoms. The number of carboxylic acid groups (broad SMARTS) is 1. The molecule has 2 amide bonds. The van der Waals surface area contributed by atoms with Crippen molar-refractivity contribution in [3.05, 3.63) is 71.3 Å². The molecular weight excluding hydrogens is 388 g/mol. The van der Waals surface area contributed by atoms with Gasteiger partial charge in [0.2, 0.25) is 5.91 Å². The van der Waals surface area contributed by atoms with Crippen molar-refractivity contribution in [1.82, 2.24) is 0 Å². The highest BCUT2D eigenvalue weighted by atomic mass is 16.5. The van der Waals surface area contributed by atoms with Gasteiger partial charge in [0.15, 0.2) is 6.10 Å². The lowest BCUT2D eigenvalue weighted by Crippen LogP contribution is -2.30. The zero-order chi connectivity index (χ0) is 22.3. The topological polar surface area (TPSA) is 122 Å². The average Bonchev–Trinajstić information content (AvgIpc) is 2.69. The molecule has 2 rings (SSSR count). The molecule has 0 aliphatic carbocycles. The Morgan fingerprint density at radius 3 is 2.03 bits per heavy atom. The number of carboxylic acids is 1. The third kappa shape index (κ3) is 6.59. The van der Waals surface area contributed by atoms with Crippen molar-refractivity contribution in [2.45, 2.75) is 26.9 Å². The number of amides is 2. The molecule has 0 spiro atoms. The second-order valence-corrected chi connectivity index (χ2v) is 6.60. The van der Waals surface area contributed by atoms with Gasteiger partial charge in [0.25, 0.3) is 5.91 Å². The number of carbonyl (C=O) groups is 4. The number of hydrogen-bond donors (Lipinski definition) is 3. The van der Waals surface area contributed by atoms with E-state index in [1.807, 2.05) is 19.1 Å². The Kier molecular flexibility index (Phi) is 7.46. The molecule has 3 N–H and O–H groups in total. The minimum Gasteiger partial charge on any atom is -0.478 e. The number of nitrogens with one attached hydrogen (secondary N) is 2. The molecule has 0 unspecified atom stereocenters. The van der Waals surface area contributed by atoms with E-state index >= 15 is 0 Å². The average molecular weight is 410 g/mol. The van der Waals surface area contributed by atoms with Crippen LogP contribution in [0.25, 0.3) is 0 Å². The number of aliphatic carboxylic acids is 1. The van der Waals surface area contributed by atoms with E-state index < -0.39 is 29.9 Å². The minimum atomic E-state index is -1.19. The molecule has 156 valence electrons. The van der Waals surface area contributed by atoms with Gasteiger partial charge in [0, 0.05) is 23.0 Å². The highest BCUT2D eigenvalue weighted by Crippen LogP contribution is 2.13. The van der Waals surface area contributed by atoms with Crippen molar-refractivity contribution in [3.63, 3.8) is 0 Å². The molecule has 0 saturated heterocycles. The van der Waals surface area contributed by atoms with Crippen molar-refractivity contribution in [2.24, 2.45) is 0 Å². The highest BCUT2D eigenvalue weighted by molar-refractivity contribution is 6.04. The summed E-state index contributed by atoms with van der Waals surface area (Å²) in [7, 11) is 0. The lowest BCUT2D eigenvalue weighted by Gasteiger charge is -2.14. The van der Waals surface area contributed by atoms with Crippen molar-refractivity contribution < 1.29 is 29.0 Å². The van der Waals surface area contributed by atoms with Gasteiger partial charge in [-0.25, -0.2) is 9.59 Å². The summed E-state index contributed by atoms with van der Waals surface area (Å²) < 4.78 is 5.18. The maximum absolute atomic E-state index is 12.2. The fraction of sp³-hybridized carbons (Fsp3) is 0.182. The minimum absolute atomic E-state index is 0.106. The summed E-state index contributed by atoms with van der Waals surface area (Å²) >= 11 is 0. The summed E-state index contributed by atoms with van der Waals surface area (Å²) in [5.74, 6) is -2.95. The summed E-state index contributed by atoms with van der Waals surface area (Å²) in [6.45, 7) is 4.70. The fourth-order valence-electron chi connectivity index (χ4n) is 2.29. The molecule has 0 aliphatic heterocycles. The number of anilines is 2. The van der Waals surface area contributed by atoms with Crippen LogP contribution in [0.15, 0.2) is 60.2 Å². The first-order chi connectivity index (χ1) is 14.2. The monoisotopic (exact) mass is 410 g/mol. The molecule has 30 heavy (non-hydrogen) atoms. The van der Waals surface area contributed by atoms with Crippen LogP contribution in [0, 0.1) is 6.92 Å². The summed E-state index contributed by atoms with van der Waals surface area (Å²) in [5, 5.41) is 13.9. The van der Waals surface area contributed by atoms with Gasteiger partial charge in [0.1, 0.15) is 0 Å². The molecule has 0 heterocycles. The summed E-state index contributed by atoms with van der Waals surface area (Å²) in [4.78, 5) is 46.9. The van der Waals surface area contributed by atoms with E-state index in [4.69, 9.17) is 9.84 Å². The predicted molar refractivity (Wildman–Crippen MR) is 111 cm³/mol. The second-order valence-electron chi connectivity index (χ2n) is 6.60. The Balaban J connectivity index is 1.92. The summed E-state index contributed by atoms with van der Waals surface area (Å²) in [6, 6.07) is 13.0. The first-order valence-corrected chi connectivity index (χ1v) is 9.07. The largest absolute Gasteiger partial charge is 0.478 e. The zero-order valence-corrected chi connectivity index (χ0v) is 16.8. The molecule has 8 nitrogen and oxygen atoms in total. The Labute approximate surface area is 173 Å². The van der Waals surface area contributed by atoms with Crippen molar-refractivity contribution in [3.8, 4) is 0 Å². The zero-order valence-electron chi connectivity index (χ0n) is 16.8. The highest BCUT2D eigenvalue weighted by Gasteiger charge is 2.19. The van der Waals surface area contributed by atoms with Crippen LogP contribution in [0.2, 0.25) is 0 Å². The molecule has 2 aromatic rings. The van der Waals surface area contributed by atoms with Crippen LogP contribution in [0.3, 0.4) is 0 Å². The smallest absolute Gasteiger partial charge is 0.338 e. The standard InChI is InChI=1S/C22H22N2O6/c1-13-4-8-18(9-5-13)24-20(26)15(3)30-22(29)16-6-10-17(11-7-16)23-19(25)12-14(2)21(27)28/h4-12,15H,1-3H3,(H,23,25)(H,24,26)(H,27,28)/b14-12+/t15-/m1/s1. The molecule has 8 heteroatoms. The number of rotatable bonds is 7. The van der Waals surface area contributed by atoms with Gasteiger partial charge in [-0.1, -0.05) is 17.7 Å². The van der Waals surface area contributed by atoms with E-state index in [0.29, 0.717) is 11.4 Å². The molecule has 2 aromatic carbocycles. The van der Waals surface area contributed by atoms with E-state index in [9.17, 15) is 19.2 Å². The van der Waals surface area contributed by atoms with Gasteiger partial charge >= 0.3 is 11.9 Å².